The second-order valence-corrected chi connectivity index (χ2v) is 7.84. The quantitative estimate of drug-likeness (QED) is 0.542. The highest BCUT2D eigenvalue weighted by Crippen LogP contribution is 2.35. The summed E-state index contributed by atoms with van der Waals surface area (Å²) in [6.07, 6.45) is 0.729. The number of halogens is 3. The van der Waals surface area contributed by atoms with Crippen LogP contribution in [-0.4, -0.2) is 29.6 Å². The van der Waals surface area contributed by atoms with Crippen LogP contribution in [0.1, 0.15) is 41.9 Å². The lowest BCUT2D eigenvalue weighted by Crippen LogP contribution is -2.24. The SMILES string of the molecule is Cc1nc2c(c(N[C@H](C)c3cc(N)cc(C(F)(F)F)c3)n1)C=C(C1=CCNCC1)CN2. The molecule has 1 aromatic carbocycles. The molecule has 5 N–H and O–H groups in total. The first-order chi connectivity index (χ1) is 14.7. The van der Waals surface area contributed by atoms with E-state index < -0.39 is 17.8 Å². The van der Waals surface area contributed by atoms with Gasteiger partial charge in [0.25, 0.3) is 0 Å². The fourth-order valence-electron chi connectivity index (χ4n) is 3.87. The minimum Gasteiger partial charge on any atom is -0.399 e. The Morgan fingerprint density at radius 3 is 2.68 bits per heavy atom. The molecular formula is C22H25F3N6. The van der Waals surface area contributed by atoms with Crippen molar-refractivity contribution in [2.75, 3.05) is 36.0 Å². The summed E-state index contributed by atoms with van der Waals surface area (Å²) in [5.41, 5.74) is 8.73. The normalized spacial score (nSPS) is 17.2. The molecule has 2 aliphatic rings. The first-order valence-electron chi connectivity index (χ1n) is 10.2. The van der Waals surface area contributed by atoms with Crippen LogP contribution in [0.2, 0.25) is 0 Å². The van der Waals surface area contributed by atoms with Crippen molar-refractivity contribution in [1.82, 2.24) is 15.3 Å². The summed E-state index contributed by atoms with van der Waals surface area (Å²) in [4.78, 5) is 9.02. The molecule has 9 heteroatoms. The summed E-state index contributed by atoms with van der Waals surface area (Å²) in [5, 5.41) is 9.92. The third-order valence-corrected chi connectivity index (χ3v) is 5.46. The van der Waals surface area contributed by atoms with Gasteiger partial charge in [0.15, 0.2) is 0 Å². The molecule has 1 atom stereocenters. The highest BCUT2D eigenvalue weighted by molar-refractivity contribution is 5.79. The topological polar surface area (TPSA) is 87.9 Å². The van der Waals surface area contributed by atoms with E-state index in [2.05, 4.69) is 38.1 Å². The number of hydrogen-bond acceptors (Lipinski definition) is 6. The average Bonchev–Trinajstić information content (AvgIpc) is 2.73. The van der Waals surface area contributed by atoms with E-state index in [1.807, 2.05) is 0 Å². The molecule has 0 fully saturated rings. The number of benzene rings is 1. The van der Waals surface area contributed by atoms with Crippen LogP contribution in [-0.2, 0) is 6.18 Å². The van der Waals surface area contributed by atoms with Crippen molar-refractivity contribution < 1.29 is 13.2 Å². The van der Waals surface area contributed by atoms with Crippen LogP contribution >= 0.6 is 0 Å². The number of rotatable bonds is 4. The van der Waals surface area contributed by atoms with Crippen LogP contribution < -0.4 is 21.7 Å². The van der Waals surface area contributed by atoms with Crippen LogP contribution in [0.25, 0.3) is 6.08 Å². The Labute approximate surface area is 178 Å². The summed E-state index contributed by atoms with van der Waals surface area (Å²) in [6.45, 7) is 6.01. The Kier molecular flexibility index (Phi) is 5.62. The van der Waals surface area contributed by atoms with E-state index in [0.29, 0.717) is 29.6 Å². The number of anilines is 3. The minimum absolute atomic E-state index is 0.0704. The molecule has 0 saturated carbocycles. The molecule has 0 saturated heterocycles. The number of nitrogen functional groups attached to an aromatic ring is 1. The van der Waals surface area contributed by atoms with Gasteiger partial charge in [0.1, 0.15) is 17.5 Å². The van der Waals surface area contributed by atoms with Gasteiger partial charge in [-0.1, -0.05) is 6.08 Å². The molecule has 0 unspecified atom stereocenters. The van der Waals surface area contributed by atoms with Gasteiger partial charge < -0.3 is 21.7 Å². The molecule has 4 rings (SSSR count). The number of nitrogens with one attached hydrogen (secondary N) is 3. The molecular weight excluding hydrogens is 405 g/mol. The van der Waals surface area contributed by atoms with Crippen molar-refractivity contribution >= 4 is 23.4 Å². The predicted molar refractivity (Wildman–Crippen MR) is 117 cm³/mol. The number of hydrogen-bond donors (Lipinski definition) is 4. The van der Waals surface area contributed by atoms with Crippen molar-refractivity contribution in [1.29, 1.82) is 0 Å². The number of nitrogens with zero attached hydrogens (tertiary/aromatic N) is 2. The second kappa shape index (κ2) is 8.22. The monoisotopic (exact) mass is 430 g/mol. The highest BCUT2D eigenvalue weighted by atomic mass is 19.4. The van der Waals surface area contributed by atoms with Crippen molar-refractivity contribution in [2.24, 2.45) is 0 Å². The lowest BCUT2D eigenvalue weighted by Gasteiger charge is -2.25. The van der Waals surface area contributed by atoms with Gasteiger partial charge in [0, 0.05) is 18.8 Å². The van der Waals surface area contributed by atoms with Crippen LogP contribution in [0, 0.1) is 6.92 Å². The van der Waals surface area contributed by atoms with E-state index in [4.69, 9.17) is 5.73 Å². The summed E-state index contributed by atoms with van der Waals surface area (Å²) in [7, 11) is 0. The van der Waals surface area contributed by atoms with Crippen molar-refractivity contribution in [3.8, 4) is 0 Å². The number of fused-ring (bicyclic) bond motifs is 1. The number of nitrogens with two attached hydrogens (primary N) is 1. The van der Waals surface area contributed by atoms with E-state index in [1.54, 1.807) is 19.9 Å². The summed E-state index contributed by atoms with van der Waals surface area (Å²) in [5.74, 6) is 1.86. The van der Waals surface area contributed by atoms with Gasteiger partial charge in [0.05, 0.1) is 17.2 Å². The Bertz CT molecular complexity index is 1060. The molecule has 0 radical (unpaired) electrons. The zero-order valence-electron chi connectivity index (χ0n) is 17.4. The van der Waals surface area contributed by atoms with E-state index in [0.717, 1.165) is 37.2 Å². The van der Waals surface area contributed by atoms with Gasteiger partial charge in [-0.25, -0.2) is 9.97 Å². The summed E-state index contributed by atoms with van der Waals surface area (Å²) in [6, 6.07) is 3.17. The smallest absolute Gasteiger partial charge is 0.399 e. The van der Waals surface area contributed by atoms with Gasteiger partial charge in [0.2, 0.25) is 0 Å². The van der Waals surface area contributed by atoms with Crippen LogP contribution in [0.4, 0.5) is 30.5 Å². The first kappa shape index (κ1) is 21.2. The number of aromatic nitrogens is 2. The van der Waals surface area contributed by atoms with E-state index >= 15 is 0 Å². The molecule has 0 bridgehead atoms. The standard InChI is InChI=1S/C22H25F3N6/c1-12(15-7-17(22(23,24)25)10-18(26)8-15)29-21-19-9-16(14-3-5-27-6-4-14)11-28-20(19)30-13(2)31-21/h3,7-10,12,27H,4-6,11,26H2,1-2H3,(H2,28,29,30,31)/t12-/m1/s1. The van der Waals surface area contributed by atoms with Crippen LogP contribution in [0.3, 0.4) is 0 Å². The average molecular weight is 430 g/mol. The molecule has 2 aliphatic heterocycles. The number of alkyl halides is 3. The fourth-order valence-corrected chi connectivity index (χ4v) is 3.87. The summed E-state index contributed by atoms with van der Waals surface area (Å²) < 4.78 is 39.6. The Balaban J connectivity index is 1.67. The first-order valence-corrected chi connectivity index (χ1v) is 10.2. The zero-order valence-corrected chi connectivity index (χ0v) is 17.4. The fraction of sp³-hybridized carbons (Fsp3) is 0.364. The Hall–Kier alpha value is -3.07. The van der Waals surface area contributed by atoms with Crippen molar-refractivity contribution in [3.05, 3.63) is 57.9 Å². The maximum absolute atomic E-state index is 13.2. The molecule has 2 aromatic rings. The third-order valence-electron chi connectivity index (χ3n) is 5.46. The lowest BCUT2D eigenvalue weighted by molar-refractivity contribution is -0.137. The second-order valence-electron chi connectivity index (χ2n) is 7.84. The molecule has 0 amide bonds. The van der Waals surface area contributed by atoms with Crippen molar-refractivity contribution in [2.45, 2.75) is 32.5 Å². The maximum atomic E-state index is 13.2. The molecule has 0 spiro atoms. The van der Waals surface area contributed by atoms with E-state index in [-0.39, 0.29) is 5.69 Å². The van der Waals surface area contributed by atoms with Gasteiger partial charge in [-0.05, 0) is 67.8 Å². The zero-order chi connectivity index (χ0) is 22.2. The largest absolute Gasteiger partial charge is 0.416 e. The Morgan fingerprint density at radius 1 is 1.16 bits per heavy atom. The minimum atomic E-state index is -4.46. The molecule has 164 valence electrons. The maximum Gasteiger partial charge on any atom is 0.416 e. The predicted octanol–water partition coefficient (Wildman–Crippen LogP) is 4.29. The van der Waals surface area contributed by atoms with Gasteiger partial charge >= 0.3 is 6.18 Å². The molecule has 0 aliphatic carbocycles. The third kappa shape index (κ3) is 4.66. The molecule has 1 aromatic heterocycles. The van der Waals surface area contributed by atoms with E-state index in [1.165, 1.54) is 11.1 Å². The highest BCUT2D eigenvalue weighted by Gasteiger charge is 2.31. The van der Waals surface area contributed by atoms with Crippen LogP contribution in [0.5, 0.6) is 0 Å². The Morgan fingerprint density at radius 2 is 1.97 bits per heavy atom. The molecule has 6 nitrogen and oxygen atoms in total. The number of aryl methyl sites for hydroxylation is 1. The van der Waals surface area contributed by atoms with E-state index in [9.17, 15) is 13.2 Å². The van der Waals surface area contributed by atoms with Crippen molar-refractivity contribution in [3.63, 3.8) is 0 Å². The van der Waals surface area contributed by atoms with Gasteiger partial charge in [-0.15, -0.1) is 0 Å². The molecule has 31 heavy (non-hydrogen) atoms. The van der Waals surface area contributed by atoms with Gasteiger partial charge in [-0.3, -0.25) is 0 Å². The van der Waals surface area contributed by atoms with Crippen LogP contribution in [0.15, 0.2) is 35.4 Å². The van der Waals surface area contributed by atoms with Gasteiger partial charge in [-0.2, -0.15) is 13.2 Å². The summed E-state index contributed by atoms with van der Waals surface area (Å²) >= 11 is 0. The molecule has 3 heterocycles. The lowest BCUT2D eigenvalue weighted by atomic mass is 9.96.